The van der Waals surface area contributed by atoms with Crippen LogP contribution in [0.2, 0.25) is 10.0 Å². The minimum Gasteiger partial charge on any atom is -0.305 e. The molecule has 0 spiro atoms. The van der Waals surface area contributed by atoms with Gasteiger partial charge in [0.05, 0.1) is 23.0 Å². The Kier molecular flexibility index (Phi) is 5.68. The van der Waals surface area contributed by atoms with Crippen LogP contribution in [0.3, 0.4) is 0 Å². The molecule has 1 aromatic carbocycles. The second kappa shape index (κ2) is 7.30. The highest BCUT2D eigenvalue weighted by Gasteiger charge is 2.22. The van der Waals surface area contributed by atoms with Gasteiger partial charge in [0.1, 0.15) is 0 Å². The van der Waals surface area contributed by atoms with Gasteiger partial charge in [-0.3, -0.25) is 4.68 Å². The molecule has 0 fully saturated rings. The molecule has 2 rings (SSSR count). The van der Waals surface area contributed by atoms with Gasteiger partial charge in [0, 0.05) is 11.1 Å². The highest BCUT2D eigenvalue weighted by atomic mass is 35.5. The average molecular weight is 326 g/mol. The maximum atomic E-state index is 6.39. The molecule has 1 aromatic heterocycles. The first-order valence-electron chi connectivity index (χ1n) is 7.26. The lowest BCUT2D eigenvalue weighted by Gasteiger charge is -2.22. The molecule has 21 heavy (non-hydrogen) atoms. The first-order chi connectivity index (χ1) is 10.0. The number of halogens is 2. The molecule has 0 aliphatic heterocycles. The van der Waals surface area contributed by atoms with Gasteiger partial charge in [0.15, 0.2) is 0 Å². The van der Waals surface area contributed by atoms with E-state index in [1.807, 2.05) is 28.9 Å². The second-order valence-electron chi connectivity index (χ2n) is 5.35. The molecule has 0 amide bonds. The Morgan fingerprint density at radius 3 is 2.43 bits per heavy atom. The molecule has 2 aromatic rings. The van der Waals surface area contributed by atoms with Gasteiger partial charge in [-0.2, -0.15) is 5.10 Å². The van der Waals surface area contributed by atoms with Crippen molar-refractivity contribution in [2.45, 2.75) is 39.3 Å². The Morgan fingerprint density at radius 2 is 1.86 bits per heavy atom. The molecule has 114 valence electrons. The van der Waals surface area contributed by atoms with Crippen LogP contribution in [0.1, 0.15) is 50.5 Å². The normalized spacial score (nSPS) is 12.9. The van der Waals surface area contributed by atoms with E-state index in [0.717, 1.165) is 29.2 Å². The van der Waals surface area contributed by atoms with Crippen molar-refractivity contribution in [1.29, 1.82) is 0 Å². The summed E-state index contributed by atoms with van der Waals surface area (Å²) in [7, 11) is 0. The fourth-order valence-corrected chi connectivity index (χ4v) is 2.71. The zero-order valence-electron chi connectivity index (χ0n) is 12.6. The smallest absolute Gasteiger partial charge is 0.0837 e. The average Bonchev–Trinajstić information content (AvgIpc) is 2.83. The van der Waals surface area contributed by atoms with Crippen LogP contribution in [0.15, 0.2) is 30.5 Å². The SMILES string of the molecule is CCCNC(c1ccc(Cl)cc1)c1c(Cl)cnn1C(C)C. The Bertz CT molecular complexity index is 576. The van der Waals surface area contributed by atoms with E-state index in [2.05, 4.69) is 31.2 Å². The van der Waals surface area contributed by atoms with Crippen LogP contribution in [0.4, 0.5) is 0 Å². The van der Waals surface area contributed by atoms with Crippen molar-refractivity contribution in [3.05, 3.63) is 51.8 Å². The van der Waals surface area contributed by atoms with Crippen molar-refractivity contribution in [3.63, 3.8) is 0 Å². The zero-order chi connectivity index (χ0) is 15.4. The molecule has 1 N–H and O–H groups in total. The van der Waals surface area contributed by atoms with Gasteiger partial charge in [-0.1, -0.05) is 42.3 Å². The summed E-state index contributed by atoms with van der Waals surface area (Å²) in [4.78, 5) is 0. The van der Waals surface area contributed by atoms with Crippen molar-refractivity contribution in [2.24, 2.45) is 0 Å². The minimum absolute atomic E-state index is 0.0135. The molecular weight excluding hydrogens is 305 g/mol. The van der Waals surface area contributed by atoms with E-state index in [9.17, 15) is 0 Å². The lowest BCUT2D eigenvalue weighted by Crippen LogP contribution is -2.26. The van der Waals surface area contributed by atoms with E-state index < -0.39 is 0 Å². The topological polar surface area (TPSA) is 29.9 Å². The van der Waals surface area contributed by atoms with Crippen molar-refractivity contribution < 1.29 is 0 Å². The zero-order valence-corrected chi connectivity index (χ0v) is 14.1. The van der Waals surface area contributed by atoms with Crippen molar-refractivity contribution >= 4 is 23.2 Å². The van der Waals surface area contributed by atoms with Crippen LogP contribution in [0.5, 0.6) is 0 Å². The number of hydrogen-bond acceptors (Lipinski definition) is 2. The van der Waals surface area contributed by atoms with Crippen LogP contribution in [-0.4, -0.2) is 16.3 Å². The molecule has 0 radical (unpaired) electrons. The first kappa shape index (κ1) is 16.3. The lowest BCUT2D eigenvalue weighted by molar-refractivity contribution is 0.472. The summed E-state index contributed by atoms with van der Waals surface area (Å²) in [5, 5.41) is 9.38. The summed E-state index contributed by atoms with van der Waals surface area (Å²) < 4.78 is 1.98. The fourth-order valence-electron chi connectivity index (χ4n) is 2.35. The van der Waals surface area contributed by atoms with Crippen molar-refractivity contribution in [3.8, 4) is 0 Å². The highest BCUT2D eigenvalue weighted by molar-refractivity contribution is 6.31. The van der Waals surface area contributed by atoms with Gasteiger partial charge in [-0.25, -0.2) is 0 Å². The summed E-state index contributed by atoms with van der Waals surface area (Å²) in [6, 6.07) is 8.14. The Hall–Kier alpha value is -1.03. The largest absolute Gasteiger partial charge is 0.305 e. The molecule has 1 unspecified atom stereocenters. The number of nitrogens with one attached hydrogen (secondary N) is 1. The molecule has 5 heteroatoms. The molecule has 0 aliphatic carbocycles. The quantitative estimate of drug-likeness (QED) is 0.821. The molecule has 0 aliphatic rings. The minimum atomic E-state index is 0.0135. The summed E-state index contributed by atoms with van der Waals surface area (Å²) in [5.41, 5.74) is 2.14. The summed E-state index contributed by atoms with van der Waals surface area (Å²) in [5.74, 6) is 0. The molecule has 0 bridgehead atoms. The molecule has 0 saturated heterocycles. The van der Waals surface area contributed by atoms with Crippen LogP contribution < -0.4 is 5.32 Å². The van der Waals surface area contributed by atoms with Gasteiger partial charge in [0.25, 0.3) is 0 Å². The van der Waals surface area contributed by atoms with Gasteiger partial charge < -0.3 is 5.32 Å². The van der Waals surface area contributed by atoms with E-state index >= 15 is 0 Å². The summed E-state index contributed by atoms with van der Waals surface area (Å²) in [6.07, 6.45) is 2.77. The van der Waals surface area contributed by atoms with Gasteiger partial charge in [-0.05, 0) is 44.5 Å². The number of hydrogen-bond donors (Lipinski definition) is 1. The predicted molar refractivity (Wildman–Crippen MR) is 89.2 cm³/mol. The van der Waals surface area contributed by atoms with Crippen molar-refractivity contribution in [2.75, 3.05) is 6.54 Å². The number of rotatable bonds is 6. The standard InChI is InChI=1S/C16H21Cl2N3/c1-4-9-19-15(12-5-7-13(17)8-6-12)16-14(18)10-20-21(16)11(2)3/h5-8,10-11,15,19H,4,9H2,1-3H3. The summed E-state index contributed by atoms with van der Waals surface area (Å²) >= 11 is 12.4. The molecule has 1 heterocycles. The van der Waals surface area contributed by atoms with Crippen LogP contribution in [-0.2, 0) is 0 Å². The Balaban J connectivity index is 2.45. The second-order valence-corrected chi connectivity index (χ2v) is 6.20. The third-order valence-corrected chi connectivity index (χ3v) is 3.89. The number of benzene rings is 1. The third kappa shape index (κ3) is 3.79. The monoisotopic (exact) mass is 325 g/mol. The Labute approximate surface area is 136 Å². The lowest BCUT2D eigenvalue weighted by atomic mass is 10.0. The molecular formula is C16H21Cl2N3. The van der Waals surface area contributed by atoms with Crippen molar-refractivity contribution in [1.82, 2.24) is 15.1 Å². The van der Waals surface area contributed by atoms with E-state index in [1.165, 1.54) is 0 Å². The van der Waals surface area contributed by atoms with E-state index in [4.69, 9.17) is 23.2 Å². The van der Waals surface area contributed by atoms with E-state index in [-0.39, 0.29) is 12.1 Å². The van der Waals surface area contributed by atoms with E-state index in [0.29, 0.717) is 5.02 Å². The fraction of sp³-hybridized carbons (Fsp3) is 0.438. The van der Waals surface area contributed by atoms with E-state index in [1.54, 1.807) is 6.20 Å². The van der Waals surface area contributed by atoms with Crippen LogP contribution in [0.25, 0.3) is 0 Å². The van der Waals surface area contributed by atoms with Gasteiger partial charge in [0.2, 0.25) is 0 Å². The highest BCUT2D eigenvalue weighted by Crippen LogP contribution is 2.30. The molecule has 3 nitrogen and oxygen atoms in total. The van der Waals surface area contributed by atoms with Gasteiger partial charge >= 0.3 is 0 Å². The summed E-state index contributed by atoms with van der Waals surface area (Å²) in [6.45, 7) is 7.26. The first-order valence-corrected chi connectivity index (χ1v) is 8.02. The van der Waals surface area contributed by atoms with Crippen LogP contribution in [0, 0.1) is 0 Å². The maximum absolute atomic E-state index is 6.39. The van der Waals surface area contributed by atoms with Crippen LogP contribution >= 0.6 is 23.2 Å². The van der Waals surface area contributed by atoms with Gasteiger partial charge in [-0.15, -0.1) is 0 Å². The Morgan fingerprint density at radius 1 is 1.19 bits per heavy atom. The molecule has 0 saturated carbocycles. The number of aromatic nitrogens is 2. The number of nitrogens with zero attached hydrogens (tertiary/aromatic N) is 2. The maximum Gasteiger partial charge on any atom is 0.0837 e. The predicted octanol–water partition coefficient (Wildman–Crippen LogP) is 4.86. The molecule has 1 atom stereocenters. The third-order valence-electron chi connectivity index (χ3n) is 3.35.